The van der Waals surface area contributed by atoms with Gasteiger partial charge in [0.1, 0.15) is 0 Å². The molecule has 0 amide bonds. The van der Waals surface area contributed by atoms with E-state index in [4.69, 9.17) is 9.47 Å². The summed E-state index contributed by atoms with van der Waals surface area (Å²) in [5.74, 6) is 0.597. The average molecular weight is 245 g/mol. The molecule has 0 bridgehead atoms. The van der Waals surface area contributed by atoms with Crippen LogP contribution >= 0.6 is 0 Å². The highest BCUT2D eigenvalue weighted by Gasteiger charge is 2.14. The second-order valence-corrected chi connectivity index (χ2v) is 5.77. The van der Waals surface area contributed by atoms with Crippen molar-refractivity contribution in [2.45, 2.75) is 59.6 Å². The van der Waals surface area contributed by atoms with Gasteiger partial charge in [0, 0.05) is 18.7 Å². The largest absolute Gasteiger partial charge is 0.379 e. The maximum absolute atomic E-state index is 5.68. The van der Waals surface area contributed by atoms with Crippen molar-refractivity contribution < 1.29 is 9.47 Å². The van der Waals surface area contributed by atoms with Gasteiger partial charge >= 0.3 is 0 Å². The summed E-state index contributed by atoms with van der Waals surface area (Å²) in [6.07, 6.45) is 1.36. The third kappa shape index (κ3) is 10.7. The first kappa shape index (κ1) is 16.9. The van der Waals surface area contributed by atoms with E-state index in [2.05, 4.69) is 46.9 Å². The molecule has 3 heteroatoms. The van der Waals surface area contributed by atoms with Crippen molar-refractivity contribution in [3.8, 4) is 0 Å². The maximum Gasteiger partial charge on any atom is 0.0704 e. The Hall–Kier alpha value is -0.120. The van der Waals surface area contributed by atoms with Crippen LogP contribution in [0, 0.1) is 5.92 Å². The number of ether oxygens (including phenoxy) is 2. The first-order chi connectivity index (χ1) is 7.87. The Kier molecular flexibility index (Phi) is 8.83. The summed E-state index contributed by atoms with van der Waals surface area (Å²) in [5.41, 5.74) is 0.200. The Labute approximate surface area is 107 Å². The zero-order valence-electron chi connectivity index (χ0n) is 12.5. The van der Waals surface area contributed by atoms with E-state index in [9.17, 15) is 0 Å². The lowest BCUT2D eigenvalue weighted by Gasteiger charge is -2.26. The second-order valence-electron chi connectivity index (χ2n) is 5.77. The standard InChI is InChI=1S/C14H31NO2/c1-7-14(5,6)15-10-13(4)17-9-8-16-11-12(2)3/h12-13,15H,7-11H2,1-6H3. The lowest BCUT2D eigenvalue weighted by atomic mass is 10.0. The molecule has 0 saturated carbocycles. The minimum absolute atomic E-state index is 0.200. The fourth-order valence-corrected chi connectivity index (χ4v) is 1.23. The summed E-state index contributed by atoms with van der Waals surface area (Å²) in [5, 5.41) is 3.50. The molecule has 0 aromatic rings. The lowest BCUT2D eigenvalue weighted by Crippen LogP contribution is -2.42. The van der Waals surface area contributed by atoms with Crippen molar-refractivity contribution in [2.75, 3.05) is 26.4 Å². The molecule has 0 spiro atoms. The van der Waals surface area contributed by atoms with Gasteiger partial charge in [0.15, 0.2) is 0 Å². The molecule has 104 valence electrons. The SMILES string of the molecule is CCC(C)(C)NCC(C)OCCOCC(C)C. The quantitative estimate of drug-likeness (QED) is 0.600. The highest BCUT2D eigenvalue weighted by Crippen LogP contribution is 2.06. The average Bonchev–Trinajstić information content (AvgIpc) is 2.26. The van der Waals surface area contributed by atoms with Crippen molar-refractivity contribution in [1.29, 1.82) is 0 Å². The smallest absolute Gasteiger partial charge is 0.0704 e. The Morgan fingerprint density at radius 3 is 2.29 bits per heavy atom. The third-order valence-electron chi connectivity index (χ3n) is 2.83. The molecule has 0 aromatic heterocycles. The van der Waals surface area contributed by atoms with Crippen LogP contribution in [0.4, 0.5) is 0 Å². The van der Waals surface area contributed by atoms with Crippen molar-refractivity contribution in [1.82, 2.24) is 5.32 Å². The van der Waals surface area contributed by atoms with Crippen LogP contribution in [0.25, 0.3) is 0 Å². The molecule has 0 fully saturated rings. The number of hydrogen-bond donors (Lipinski definition) is 1. The van der Waals surface area contributed by atoms with Gasteiger partial charge in [-0.15, -0.1) is 0 Å². The van der Waals surface area contributed by atoms with Gasteiger partial charge in [-0.3, -0.25) is 0 Å². The summed E-state index contributed by atoms with van der Waals surface area (Å²) >= 11 is 0. The topological polar surface area (TPSA) is 30.5 Å². The van der Waals surface area contributed by atoms with Gasteiger partial charge in [-0.1, -0.05) is 20.8 Å². The minimum Gasteiger partial charge on any atom is -0.379 e. The third-order valence-corrected chi connectivity index (χ3v) is 2.83. The van der Waals surface area contributed by atoms with E-state index in [1.165, 1.54) is 0 Å². The molecule has 1 atom stereocenters. The molecule has 3 nitrogen and oxygen atoms in total. The molecule has 0 radical (unpaired) electrons. The number of rotatable bonds is 10. The summed E-state index contributed by atoms with van der Waals surface area (Å²) in [7, 11) is 0. The van der Waals surface area contributed by atoms with E-state index in [-0.39, 0.29) is 11.6 Å². The van der Waals surface area contributed by atoms with Crippen LogP contribution in [-0.4, -0.2) is 38.0 Å². The van der Waals surface area contributed by atoms with Gasteiger partial charge in [0.05, 0.1) is 19.3 Å². The number of hydrogen-bond acceptors (Lipinski definition) is 3. The van der Waals surface area contributed by atoms with Crippen LogP contribution in [0.2, 0.25) is 0 Å². The highest BCUT2D eigenvalue weighted by molar-refractivity contribution is 4.76. The molecule has 1 N–H and O–H groups in total. The predicted molar refractivity (Wildman–Crippen MR) is 73.4 cm³/mol. The first-order valence-electron chi connectivity index (χ1n) is 6.81. The van der Waals surface area contributed by atoms with Crippen LogP contribution in [0.3, 0.4) is 0 Å². The monoisotopic (exact) mass is 245 g/mol. The lowest BCUT2D eigenvalue weighted by molar-refractivity contribution is 0.00454. The van der Waals surface area contributed by atoms with Gasteiger partial charge in [-0.2, -0.15) is 0 Å². The molecule has 0 aliphatic carbocycles. The highest BCUT2D eigenvalue weighted by atomic mass is 16.5. The summed E-state index contributed by atoms with van der Waals surface area (Å²) in [6.45, 7) is 16.1. The molecule has 0 aliphatic heterocycles. The second kappa shape index (κ2) is 8.90. The predicted octanol–water partition coefficient (Wildman–Crippen LogP) is 2.84. The zero-order chi connectivity index (χ0) is 13.3. The summed E-state index contributed by atoms with van der Waals surface area (Å²) in [4.78, 5) is 0. The van der Waals surface area contributed by atoms with Crippen LogP contribution in [0.5, 0.6) is 0 Å². The van der Waals surface area contributed by atoms with Gasteiger partial charge in [-0.25, -0.2) is 0 Å². The van der Waals surface area contributed by atoms with E-state index in [0.717, 1.165) is 19.6 Å². The normalized spacial score (nSPS) is 14.3. The maximum atomic E-state index is 5.68. The van der Waals surface area contributed by atoms with E-state index in [1.54, 1.807) is 0 Å². The Morgan fingerprint density at radius 1 is 1.12 bits per heavy atom. The molecule has 17 heavy (non-hydrogen) atoms. The molecule has 0 saturated heterocycles. The first-order valence-corrected chi connectivity index (χ1v) is 6.81. The summed E-state index contributed by atoms with van der Waals surface area (Å²) in [6, 6.07) is 0. The van der Waals surface area contributed by atoms with Crippen LogP contribution in [-0.2, 0) is 9.47 Å². The van der Waals surface area contributed by atoms with Crippen molar-refractivity contribution in [2.24, 2.45) is 5.92 Å². The Morgan fingerprint density at radius 2 is 1.76 bits per heavy atom. The summed E-state index contributed by atoms with van der Waals surface area (Å²) < 4.78 is 11.1. The molecule has 0 heterocycles. The van der Waals surface area contributed by atoms with Crippen LogP contribution in [0.1, 0.15) is 48.0 Å². The number of nitrogens with one attached hydrogen (secondary N) is 1. The Bertz CT molecular complexity index is 181. The van der Waals surface area contributed by atoms with Crippen LogP contribution < -0.4 is 5.32 Å². The molecular weight excluding hydrogens is 214 g/mol. The minimum atomic E-state index is 0.200. The van der Waals surface area contributed by atoms with Crippen molar-refractivity contribution in [3.63, 3.8) is 0 Å². The fraction of sp³-hybridized carbons (Fsp3) is 1.00. The van der Waals surface area contributed by atoms with Gasteiger partial charge in [0.2, 0.25) is 0 Å². The van der Waals surface area contributed by atoms with Gasteiger partial charge in [-0.05, 0) is 33.1 Å². The van der Waals surface area contributed by atoms with Gasteiger partial charge in [0.25, 0.3) is 0 Å². The molecule has 1 unspecified atom stereocenters. The fourth-order valence-electron chi connectivity index (χ4n) is 1.23. The van der Waals surface area contributed by atoms with E-state index < -0.39 is 0 Å². The molecular formula is C14H31NO2. The van der Waals surface area contributed by atoms with Crippen LogP contribution in [0.15, 0.2) is 0 Å². The Balaban J connectivity index is 3.44. The van der Waals surface area contributed by atoms with E-state index >= 15 is 0 Å². The molecule has 0 aromatic carbocycles. The zero-order valence-corrected chi connectivity index (χ0v) is 12.5. The molecule has 0 rings (SSSR count). The van der Waals surface area contributed by atoms with Crippen molar-refractivity contribution in [3.05, 3.63) is 0 Å². The van der Waals surface area contributed by atoms with Gasteiger partial charge < -0.3 is 14.8 Å². The van der Waals surface area contributed by atoms with Crippen molar-refractivity contribution >= 4 is 0 Å². The molecule has 0 aliphatic rings. The van der Waals surface area contributed by atoms with E-state index in [1.807, 2.05) is 0 Å². The van der Waals surface area contributed by atoms with E-state index in [0.29, 0.717) is 19.1 Å².